The van der Waals surface area contributed by atoms with Gasteiger partial charge in [0.05, 0.1) is 31.1 Å². The molecular weight excluding hydrogens is 320 g/mol. The molecule has 0 unspecified atom stereocenters. The van der Waals surface area contributed by atoms with E-state index < -0.39 is 0 Å². The summed E-state index contributed by atoms with van der Waals surface area (Å²) in [6, 6.07) is 8.02. The van der Waals surface area contributed by atoms with Crippen molar-refractivity contribution in [1.29, 1.82) is 0 Å². The van der Waals surface area contributed by atoms with Gasteiger partial charge in [-0.2, -0.15) is 0 Å². The third kappa shape index (κ3) is 4.16. The molecule has 22 heavy (non-hydrogen) atoms. The fraction of sp³-hybridized carbons (Fsp3) is 0.562. The minimum Gasteiger partial charge on any atom is -0.378 e. The van der Waals surface area contributed by atoms with Crippen molar-refractivity contribution in [3.63, 3.8) is 0 Å². The number of thioether (sulfide) groups is 1. The number of nitrogens with one attached hydrogen (secondary N) is 1. The molecule has 120 valence electrons. The number of hydrogen-bond acceptors (Lipinski definition) is 4. The van der Waals surface area contributed by atoms with Crippen molar-refractivity contribution in [1.82, 2.24) is 10.2 Å². The molecule has 2 aliphatic rings. The van der Waals surface area contributed by atoms with Crippen LogP contribution in [0.15, 0.2) is 29.2 Å². The molecule has 4 nitrogen and oxygen atoms in total. The van der Waals surface area contributed by atoms with Crippen molar-refractivity contribution in [3.8, 4) is 0 Å². The molecule has 2 heterocycles. The van der Waals surface area contributed by atoms with Crippen LogP contribution in [0.4, 0.5) is 0 Å². The molecule has 0 radical (unpaired) electrons. The summed E-state index contributed by atoms with van der Waals surface area (Å²) in [7, 11) is 0. The Morgan fingerprint density at radius 3 is 2.73 bits per heavy atom. The Morgan fingerprint density at radius 1 is 1.27 bits per heavy atom. The van der Waals surface area contributed by atoms with Gasteiger partial charge in [0.1, 0.15) is 0 Å². The molecular formula is C16H21ClN2O2S. The van der Waals surface area contributed by atoms with Gasteiger partial charge >= 0.3 is 0 Å². The smallest absolute Gasteiger partial charge is 0.230 e. The van der Waals surface area contributed by atoms with Crippen molar-refractivity contribution < 1.29 is 9.53 Å². The largest absolute Gasteiger partial charge is 0.378 e. The van der Waals surface area contributed by atoms with Gasteiger partial charge in [-0.15, -0.1) is 11.8 Å². The lowest BCUT2D eigenvalue weighted by atomic mass is 10.1. The zero-order chi connectivity index (χ0) is 15.4. The SMILES string of the molecule is O=C(CSc1ccc(Cl)cc1)N[C@@H]1COC[C@H]1N1CCCC1. The van der Waals surface area contributed by atoms with Crippen molar-refractivity contribution in [2.24, 2.45) is 0 Å². The number of ether oxygens (including phenoxy) is 1. The first-order valence-electron chi connectivity index (χ1n) is 7.72. The predicted molar refractivity (Wildman–Crippen MR) is 89.5 cm³/mol. The standard InChI is InChI=1S/C16H21ClN2O2S/c17-12-3-5-13(6-4-12)22-11-16(20)18-14-9-21-10-15(14)19-7-1-2-8-19/h3-6,14-15H,1-2,7-11H2,(H,18,20)/t14-,15-/m1/s1. The summed E-state index contributed by atoms with van der Waals surface area (Å²) in [4.78, 5) is 15.7. The van der Waals surface area contributed by atoms with Crippen molar-refractivity contribution >= 4 is 29.3 Å². The topological polar surface area (TPSA) is 41.6 Å². The molecule has 2 fully saturated rings. The molecule has 0 spiro atoms. The molecule has 1 aromatic rings. The maximum Gasteiger partial charge on any atom is 0.230 e. The van der Waals surface area contributed by atoms with E-state index in [0.717, 1.165) is 24.6 Å². The average molecular weight is 341 g/mol. The second kappa shape index (κ2) is 7.68. The van der Waals surface area contributed by atoms with Crippen LogP contribution in [0, 0.1) is 0 Å². The summed E-state index contributed by atoms with van der Waals surface area (Å²) >= 11 is 7.39. The molecule has 2 aliphatic heterocycles. The molecule has 6 heteroatoms. The molecule has 1 amide bonds. The number of amides is 1. The van der Waals surface area contributed by atoms with Gasteiger partial charge in [-0.3, -0.25) is 9.69 Å². The van der Waals surface area contributed by atoms with Crippen LogP contribution < -0.4 is 5.32 Å². The van der Waals surface area contributed by atoms with Crippen LogP contribution in [0.3, 0.4) is 0 Å². The minimum absolute atomic E-state index is 0.0691. The van der Waals surface area contributed by atoms with Crippen LogP contribution in [0.2, 0.25) is 5.02 Å². The van der Waals surface area contributed by atoms with Crippen LogP contribution in [0.5, 0.6) is 0 Å². The zero-order valence-corrected chi connectivity index (χ0v) is 14.0. The zero-order valence-electron chi connectivity index (χ0n) is 12.5. The number of hydrogen-bond donors (Lipinski definition) is 1. The number of nitrogens with zero attached hydrogens (tertiary/aromatic N) is 1. The molecule has 0 aliphatic carbocycles. The summed E-state index contributed by atoms with van der Waals surface area (Å²) in [6.07, 6.45) is 2.51. The van der Waals surface area contributed by atoms with Gasteiger partial charge < -0.3 is 10.1 Å². The van der Waals surface area contributed by atoms with Crippen LogP contribution in [0.25, 0.3) is 0 Å². The summed E-state index contributed by atoms with van der Waals surface area (Å²) in [5.41, 5.74) is 0. The lowest BCUT2D eigenvalue weighted by Gasteiger charge is -2.27. The number of benzene rings is 1. The number of halogens is 1. The first kappa shape index (κ1) is 16.1. The number of rotatable bonds is 5. The van der Waals surface area contributed by atoms with E-state index in [0.29, 0.717) is 23.4 Å². The van der Waals surface area contributed by atoms with Gasteiger partial charge in [0.25, 0.3) is 0 Å². The van der Waals surface area contributed by atoms with Gasteiger partial charge in [-0.25, -0.2) is 0 Å². The van der Waals surface area contributed by atoms with E-state index in [2.05, 4.69) is 10.2 Å². The highest BCUT2D eigenvalue weighted by Gasteiger charge is 2.35. The monoisotopic (exact) mass is 340 g/mol. The highest BCUT2D eigenvalue weighted by molar-refractivity contribution is 8.00. The van der Waals surface area contributed by atoms with Crippen LogP contribution in [0.1, 0.15) is 12.8 Å². The minimum atomic E-state index is 0.0691. The average Bonchev–Trinajstić information content (AvgIpc) is 3.17. The summed E-state index contributed by atoms with van der Waals surface area (Å²) in [5, 5.41) is 3.85. The maximum atomic E-state index is 12.2. The van der Waals surface area contributed by atoms with Gasteiger partial charge in [-0.05, 0) is 50.2 Å². The highest BCUT2D eigenvalue weighted by Crippen LogP contribution is 2.21. The van der Waals surface area contributed by atoms with Gasteiger partial charge in [-0.1, -0.05) is 11.6 Å². The van der Waals surface area contributed by atoms with Crippen molar-refractivity contribution in [2.45, 2.75) is 29.8 Å². The molecule has 3 rings (SSSR count). The maximum absolute atomic E-state index is 12.2. The third-order valence-corrected chi connectivity index (χ3v) is 5.45. The van der Waals surface area contributed by atoms with E-state index in [1.807, 2.05) is 24.3 Å². The van der Waals surface area contributed by atoms with Gasteiger partial charge in [0.2, 0.25) is 5.91 Å². The molecule has 0 aromatic heterocycles. The predicted octanol–water partition coefficient (Wildman–Crippen LogP) is 2.41. The van der Waals surface area contributed by atoms with E-state index >= 15 is 0 Å². The number of carbonyl (C=O) groups is 1. The van der Waals surface area contributed by atoms with Crippen LogP contribution in [-0.4, -0.2) is 54.9 Å². The first-order valence-corrected chi connectivity index (χ1v) is 9.08. The van der Waals surface area contributed by atoms with E-state index in [1.54, 1.807) is 0 Å². The van der Waals surface area contributed by atoms with Crippen molar-refractivity contribution in [2.75, 3.05) is 32.1 Å². The second-order valence-electron chi connectivity index (χ2n) is 5.76. The summed E-state index contributed by atoms with van der Waals surface area (Å²) in [6.45, 7) is 3.60. The molecule has 2 atom stereocenters. The Hall–Kier alpha value is -0.750. The molecule has 0 saturated carbocycles. The highest BCUT2D eigenvalue weighted by atomic mass is 35.5. The Morgan fingerprint density at radius 2 is 2.00 bits per heavy atom. The van der Waals surface area contributed by atoms with E-state index in [4.69, 9.17) is 16.3 Å². The van der Waals surface area contributed by atoms with Gasteiger partial charge in [0.15, 0.2) is 0 Å². The lowest BCUT2D eigenvalue weighted by molar-refractivity contribution is -0.119. The van der Waals surface area contributed by atoms with E-state index in [9.17, 15) is 4.79 Å². The molecule has 1 N–H and O–H groups in total. The normalized spacial score (nSPS) is 25.5. The lowest BCUT2D eigenvalue weighted by Crippen LogP contribution is -2.50. The first-order chi connectivity index (χ1) is 10.7. The summed E-state index contributed by atoms with van der Waals surface area (Å²) in [5.74, 6) is 0.491. The van der Waals surface area contributed by atoms with E-state index in [1.165, 1.54) is 24.6 Å². The third-order valence-electron chi connectivity index (χ3n) is 4.19. The van der Waals surface area contributed by atoms with Gasteiger partial charge in [0, 0.05) is 9.92 Å². The van der Waals surface area contributed by atoms with Crippen LogP contribution in [-0.2, 0) is 9.53 Å². The Bertz CT molecular complexity index is 505. The Balaban J connectivity index is 1.47. The van der Waals surface area contributed by atoms with E-state index in [-0.39, 0.29) is 11.9 Å². The Kier molecular flexibility index (Phi) is 5.63. The number of likely N-dealkylation sites (tertiary alicyclic amines) is 1. The fourth-order valence-electron chi connectivity index (χ4n) is 3.04. The van der Waals surface area contributed by atoms with Crippen molar-refractivity contribution in [3.05, 3.63) is 29.3 Å². The Labute approximate surface area is 140 Å². The molecule has 2 saturated heterocycles. The fourth-order valence-corrected chi connectivity index (χ4v) is 3.88. The molecule has 0 bridgehead atoms. The summed E-state index contributed by atoms with van der Waals surface area (Å²) < 4.78 is 5.58. The number of carbonyl (C=O) groups excluding carboxylic acids is 1. The van der Waals surface area contributed by atoms with Crippen LogP contribution >= 0.6 is 23.4 Å². The quantitative estimate of drug-likeness (QED) is 0.836. The second-order valence-corrected chi connectivity index (χ2v) is 7.25. The molecule has 1 aromatic carbocycles.